The average Bonchev–Trinajstić information content (AvgIpc) is 2.46. The van der Waals surface area contributed by atoms with E-state index in [4.69, 9.17) is 0 Å². The third-order valence-electron chi connectivity index (χ3n) is 2.89. The molecule has 0 aliphatic rings. The summed E-state index contributed by atoms with van der Waals surface area (Å²) in [5, 5.41) is 3.25. The lowest BCUT2D eigenvalue weighted by Gasteiger charge is -2.08. The minimum Gasteiger partial charge on any atom is -0.435 e. The van der Waals surface area contributed by atoms with E-state index in [0.29, 0.717) is 0 Å². The quantitative estimate of drug-likeness (QED) is 0.760. The molecule has 0 saturated heterocycles. The van der Waals surface area contributed by atoms with Gasteiger partial charge in [0.25, 0.3) is 0 Å². The minimum absolute atomic E-state index is 0.176. The summed E-state index contributed by atoms with van der Waals surface area (Å²) in [4.78, 5) is 0. The molecule has 0 bridgehead atoms. The predicted octanol–water partition coefficient (Wildman–Crippen LogP) is 4.33. The van der Waals surface area contributed by atoms with Crippen LogP contribution in [0.1, 0.15) is 12.0 Å². The maximum absolute atomic E-state index is 12.0. The SMILES string of the molecule is FC(F)Oc1ccc(NCCCc2ccccc2)cc1. The van der Waals surface area contributed by atoms with Gasteiger partial charge >= 0.3 is 6.61 Å². The Morgan fingerprint density at radius 3 is 2.30 bits per heavy atom. The van der Waals surface area contributed by atoms with Gasteiger partial charge in [0.1, 0.15) is 5.75 Å². The van der Waals surface area contributed by atoms with Gasteiger partial charge in [0.05, 0.1) is 0 Å². The fourth-order valence-electron chi connectivity index (χ4n) is 1.92. The van der Waals surface area contributed by atoms with Gasteiger partial charge in [-0.25, -0.2) is 0 Å². The molecule has 0 aromatic heterocycles. The van der Waals surface area contributed by atoms with E-state index < -0.39 is 6.61 Å². The summed E-state index contributed by atoms with van der Waals surface area (Å²) < 4.78 is 28.3. The molecule has 0 unspecified atom stereocenters. The molecule has 0 radical (unpaired) electrons. The summed E-state index contributed by atoms with van der Waals surface area (Å²) in [5.74, 6) is 0.176. The molecule has 0 aliphatic carbocycles. The number of nitrogens with one attached hydrogen (secondary N) is 1. The van der Waals surface area contributed by atoms with E-state index in [0.717, 1.165) is 25.1 Å². The Hall–Kier alpha value is -2.10. The summed E-state index contributed by atoms with van der Waals surface area (Å²) in [7, 11) is 0. The maximum atomic E-state index is 12.0. The number of ether oxygens (including phenoxy) is 1. The summed E-state index contributed by atoms with van der Waals surface area (Å²) in [6.45, 7) is -1.94. The van der Waals surface area contributed by atoms with E-state index in [-0.39, 0.29) is 5.75 Å². The van der Waals surface area contributed by atoms with Gasteiger partial charge in [-0.3, -0.25) is 0 Å². The molecule has 20 heavy (non-hydrogen) atoms. The topological polar surface area (TPSA) is 21.3 Å². The number of halogens is 2. The van der Waals surface area contributed by atoms with Crippen LogP contribution < -0.4 is 10.1 Å². The Labute approximate surface area is 117 Å². The van der Waals surface area contributed by atoms with Crippen LogP contribution in [0.4, 0.5) is 14.5 Å². The van der Waals surface area contributed by atoms with E-state index in [1.165, 1.54) is 17.7 Å². The summed E-state index contributed by atoms with van der Waals surface area (Å²) in [6.07, 6.45) is 2.03. The Morgan fingerprint density at radius 2 is 1.65 bits per heavy atom. The monoisotopic (exact) mass is 277 g/mol. The minimum atomic E-state index is -2.78. The van der Waals surface area contributed by atoms with E-state index in [1.54, 1.807) is 12.1 Å². The van der Waals surface area contributed by atoms with Crippen LogP contribution in [0.25, 0.3) is 0 Å². The van der Waals surface area contributed by atoms with Crippen molar-refractivity contribution in [3.05, 3.63) is 60.2 Å². The van der Waals surface area contributed by atoms with Crippen LogP contribution in [0.2, 0.25) is 0 Å². The fourth-order valence-corrected chi connectivity index (χ4v) is 1.92. The lowest BCUT2D eigenvalue weighted by atomic mass is 10.1. The molecule has 0 heterocycles. The Morgan fingerprint density at radius 1 is 0.950 bits per heavy atom. The molecule has 0 atom stereocenters. The molecular weight excluding hydrogens is 260 g/mol. The summed E-state index contributed by atoms with van der Waals surface area (Å²) in [6, 6.07) is 16.8. The number of hydrogen-bond donors (Lipinski definition) is 1. The van der Waals surface area contributed by atoms with Crippen molar-refractivity contribution < 1.29 is 13.5 Å². The van der Waals surface area contributed by atoms with Crippen LogP contribution in [0, 0.1) is 0 Å². The standard InChI is InChI=1S/C16H17F2NO/c17-16(18)20-15-10-8-14(9-11-15)19-12-4-7-13-5-2-1-3-6-13/h1-3,5-6,8-11,16,19H,4,7,12H2. The lowest BCUT2D eigenvalue weighted by molar-refractivity contribution is -0.0498. The van der Waals surface area contributed by atoms with E-state index in [2.05, 4.69) is 22.2 Å². The Bertz CT molecular complexity index is 500. The van der Waals surface area contributed by atoms with Gasteiger partial charge in [-0.05, 0) is 42.7 Å². The van der Waals surface area contributed by atoms with E-state index in [1.807, 2.05) is 18.2 Å². The fraction of sp³-hybridized carbons (Fsp3) is 0.250. The van der Waals surface area contributed by atoms with Crippen LogP contribution in [0.3, 0.4) is 0 Å². The Balaban J connectivity index is 1.71. The number of anilines is 1. The van der Waals surface area contributed by atoms with Crippen LogP contribution in [0.15, 0.2) is 54.6 Å². The van der Waals surface area contributed by atoms with Crippen molar-refractivity contribution in [2.45, 2.75) is 19.5 Å². The molecule has 2 aromatic rings. The van der Waals surface area contributed by atoms with E-state index in [9.17, 15) is 8.78 Å². The highest BCUT2D eigenvalue weighted by atomic mass is 19.3. The third-order valence-corrected chi connectivity index (χ3v) is 2.89. The van der Waals surface area contributed by atoms with Crippen molar-refractivity contribution in [3.8, 4) is 5.75 Å². The van der Waals surface area contributed by atoms with Gasteiger partial charge in [-0.2, -0.15) is 8.78 Å². The number of benzene rings is 2. The van der Waals surface area contributed by atoms with Crippen molar-refractivity contribution in [3.63, 3.8) is 0 Å². The van der Waals surface area contributed by atoms with Crippen molar-refractivity contribution in [2.75, 3.05) is 11.9 Å². The van der Waals surface area contributed by atoms with Crippen LogP contribution in [-0.2, 0) is 6.42 Å². The molecule has 4 heteroatoms. The normalized spacial score (nSPS) is 10.6. The second-order valence-electron chi connectivity index (χ2n) is 4.42. The molecule has 2 aromatic carbocycles. The second-order valence-corrected chi connectivity index (χ2v) is 4.42. The second kappa shape index (κ2) is 7.48. The van der Waals surface area contributed by atoms with Crippen molar-refractivity contribution in [2.24, 2.45) is 0 Å². The van der Waals surface area contributed by atoms with Crippen LogP contribution in [0.5, 0.6) is 5.75 Å². The molecule has 1 N–H and O–H groups in total. The summed E-state index contributed by atoms with van der Waals surface area (Å²) >= 11 is 0. The number of aryl methyl sites for hydroxylation is 1. The van der Waals surface area contributed by atoms with Gasteiger partial charge < -0.3 is 10.1 Å². The van der Waals surface area contributed by atoms with Crippen molar-refractivity contribution in [1.29, 1.82) is 0 Å². The molecule has 0 saturated carbocycles. The zero-order chi connectivity index (χ0) is 14.2. The highest BCUT2D eigenvalue weighted by molar-refractivity contribution is 5.46. The van der Waals surface area contributed by atoms with Crippen LogP contribution in [-0.4, -0.2) is 13.2 Å². The zero-order valence-corrected chi connectivity index (χ0v) is 11.1. The molecule has 0 fully saturated rings. The highest BCUT2D eigenvalue weighted by Gasteiger charge is 2.03. The summed E-state index contributed by atoms with van der Waals surface area (Å²) in [5.41, 5.74) is 2.22. The molecule has 0 aliphatic heterocycles. The first-order valence-corrected chi connectivity index (χ1v) is 6.57. The molecular formula is C16H17F2NO. The average molecular weight is 277 g/mol. The first-order chi connectivity index (χ1) is 9.74. The lowest BCUT2D eigenvalue weighted by Crippen LogP contribution is -2.04. The van der Waals surface area contributed by atoms with Crippen molar-refractivity contribution >= 4 is 5.69 Å². The number of rotatable bonds is 7. The molecule has 0 amide bonds. The first-order valence-electron chi connectivity index (χ1n) is 6.57. The predicted molar refractivity (Wildman–Crippen MR) is 76.3 cm³/mol. The highest BCUT2D eigenvalue weighted by Crippen LogP contribution is 2.17. The van der Waals surface area contributed by atoms with Gasteiger partial charge in [-0.15, -0.1) is 0 Å². The van der Waals surface area contributed by atoms with Gasteiger partial charge in [0.2, 0.25) is 0 Å². The smallest absolute Gasteiger partial charge is 0.387 e. The molecule has 2 rings (SSSR count). The molecule has 106 valence electrons. The third kappa shape index (κ3) is 4.88. The maximum Gasteiger partial charge on any atom is 0.387 e. The molecule has 2 nitrogen and oxygen atoms in total. The Kier molecular flexibility index (Phi) is 5.35. The van der Waals surface area contributed by atoms with Gasteiger partial charge in [-0.1, -0.05) is 30.3 Å². The largest absolute Gasteiger partial charge is 0.435 e. The van der Waals surface area contributed by atoms with Crippen LogP contribution >= 0.6 is 0 Å². The molecule has 0 spiro atoms. The van der Waals surface area contributed by atoms with E-state index >= 15 is 0 Å². The zero-order valence-electron chi connectivity index (χ0n) is 11.1. The number of alkyl halides is 2. The van der Waals surface area contributed by atoms with Gasteiger partial charge in [0.15, 0.2) is 0 Å². The van der Waals surface area contributed by atoms with Gasteiger partial charge in [0, 0.05) is 12.2 Å². The van der Waals surface area contributed by atoms with Crippen molar-refractivity contribution in [1.82, 2.24) is 0 Å². The number of hydrogen-bond acceptors (Lipinski definition) is 2. The first kappa shape index (κ1) is 14.3.